The summed E-state index contributed by atoms with van der Waals surface area (Å²) in [5.41, 5.74) is -0.265. The van der Waals surface area contributed by atoms with Crippen LogP contribution >= 0.6 is 0 Å². The third-order valence-electron chi connectivity index (χ3n) is 9.01. The Morgan fingerprint density at radius 3 is 2.53 bits per heavy atom. The van der Waals surface area contributed by atoms with E-state index in [1.165, 1.54) is 13.4 Å². The molecule has 1 unspecified atom stereocenters. The number of cyclic esters (lactones) is 1. The number of furan rings is 1. The number of aliphatic hydroxyl groups is 1. The average molecular weight is 497 g/mol. The molecule has 1 N–H and O–H groups in total. The van der Waals surface area contributed by atoms with E-state index < -0.39 is 58.8 Å². The summed E-state index contributed by atoms with van der Waals surface area (Å²) in [7, 11) is 1.34. The largest absolute Gasteiger partial charge is 0.472 e. The highest BCUT2D eigenvalue weighted by molar-refractivity contribution is 5.89. The van der Waals surface area contributed by atoms with Crippen molar-refractivity contribution in [3.63, 3.8) is 0 Å². The lowest BCUT2D eigenvalue weighted by Gasteiger charge is -2.63. The number of methoxy groups -OCH3 is 1. The van der Waals surface area contributed by atoms with Gasteiger partial charge >= 0.3 is 17.9 Å². The third kappa shape index (κ3) is 3.82. The highest BCUT2D eigenvalue weighted by atomic mass is 16.6. The number of benzene rings is 1. The first-order valence-corrected chi connectivity index (χ1v) is 12.4. The number of rotatable bonds is 4. The average Bonchev–Trinajstić information content (AvgIpc) is 3.40. The molecule has 0 spiro atoms. The quantitative estimate of drug-likeness (QED) is 0.498. The maximum Gasteiger partial charge on any atom is 0.338 e. The Morgan fingerprint density at radius 1 is 1.11 bits per heavy atom. The molecule has 36 heavy (non-hydrogen) atoms. The Bertz CT molecular complexity index is 1130. The summed E-state index contributed by atoms with van der Waals surface area (Å²) in [5.74, 6) is -2.85. The monoisotopic (exact) mass is 496 g/mol. The summed E-state index contributed by atoms with van der Waals surface area (Å²) in [5, 5.41) is 11.8. The van der Waals surface area contributed by atoms with Crippen LogP contribution < -0.4 is 0 Å². The molecule has 8 heteroatoms. The molecule has 192 valence electrons. The van der Waals surface area contributed by atoms with Crippen LogP contribution in [-0.2, 0) is 23.8 Å². The molecule has 8 atom stereocenters. The predicted molar refractivity (Wildman–Crippen MR) is 126 cm³/mol. The van der Waals surface area contributed by atoms with Crippen molar-refractivity contribution in [1.82, 2.24) is 0 Å². The number of hydrogen-bond acceptors (Lipinski definition) is 8. The summed E-state index contributed by atoms with van der Waals surface area (Å²) in [6.07, 6.45) is 2.23. The summed E-state index contributed by atoms with van der Waals surface area (Å²) in [4.78, 5) is 39.2. The molecule has 2 heterocycles. The van der Waals surface area contributed by atoms with Crippen LogP contribution in [0, 0.1) is 28.6 Å². The Morgan fingerprint density at radius 2 is 1.86 bits per heavy atom. The zero-order valence-corrected chi connectivity index (χ0v) is 20.7. The standard InChI is InChI=1S/C28H32O8/c1-27-11-9-18-26(32)36-21(17-10-12-34-15-17)14-28(18,2)23(27)22(29)20(13-19(27)25(31)33-3)35-24(30)16-7-5-4-6-8-16/h4-8,10,12,15,18-23,29H,9,11,13-14H2,1-3H3/t18-,19+,20+,21+,22+,23?,27+,28+/m1/s1. The molecule has 0 bridgehead atoms. The smallest absolute Gasteiger partial charge is 0.338 e. The number of esters is 3. The second-order valence-corrected chi connectivity index (χ2v) is 10.9. The molecule has 3 aliphatic rings. The molecule has 1 aromatic heterocycles. The number of hydrogen-bond donors (Lipinski definition) is 1. The van der Waals surface area contributed by atoms with Crippen molar-refractivity contribution in [3.8, 4) is 0 Å². The van der Waals surface area contributed by atoms with E-state index in [0.717, 1.165) is 5.56 Å². The van der Waals surface area contributed by atoms with Crippen LogP contribution in [0.4, 0.5) is 0 Å². The minimum atomic E-state index is -1.08. The van der Waals surface area contributed by atoms with Gasteiger partial charge in [-0.25, -0.2) is 4.79 Å². The van der Waals surface area contributed by atoms with Gasteiger partial charge < -0.3 is 23.7 Å². The van der Waals surface area contributed by atoms with E-state index in [2.05, 4.69) is 0 Å². The van der Waals surface area contributed by atoms with Crippen LogP contribution in [0.15, 0.2) is 53.3 Å². The summed E-state index contributed by atoms with van der Waals surface area (Å²) in [6, 6.07) is 10.3. The summed E-state index contributed by atoms with van der Waals surface area (Å²) < 4.78 is 22.0. The summed E-state index contributed by atoms with van der Waals surface area (Å²) >= 11 is 0. The number of ether oxygens (including phenoxy) is 3. The van der Waals surface area contributed by atoms with E-state index >= 15 is 0 Å². The van der Waals surface area contributed by atoms with E-state index in [9.17, 15) is 19.5 Å². The number of carbonyl (C=O) groups is 3. The van der Waals surface area contributed by atoms with Crippen LogP contribution in [0.5, 0.6) is 0 Å². The van der Waals surface area contributed by atoms with Crippen molar-refractivity contribution in [2.75, 3.05) is 7.11 Å². The van der Waals surface area contributed by atoms with Gasteiger partial charge in [0, 0.05) is 17.9 Å². The van der Waals surface area contributed by atoms with E-state index in [4.69, 9.17) is 18.6 Å². The van der Waals surface area contributed by atoms with Gasteiger partial charge in [0.25, 0.3) is 0 Å². The van der Waals surface area contributed by atoms with Crippen molar-refractivity contribution >= 4 is 17.9 Å². The van der Waals surface area contributed by atoms with E-state index in [-0.39, 0.29) is 12.4 Å². The molecular weight excluding hydrogens is 464 g/mol. The fraction of sp³-hybridized carbons (Fsp3) is 0.536. The first-order valence-electron chi connectivity index (χ1n) is 12.4. The van der Waals surface area contributed by atoms with Gasteiger partial charge in [-0.05, 0) is 48.3 Å². The molecule has 2 aliphatic carbocycles. The molecule has 2 aromatic rings. The van der Waals surface area contributed by atoms with Gasteiger partial charge in [0.2, 0.25) is 0 Å². The van der Waals surface area contributed by atoms with Crippen molar-refractivity contribution in [1.29, 1.82) is 0 Å². The van der Waals surface area contributed by atoms with Gasteiger partial charge in [0.15, 0.2) is 0 Å². The van der Waals surface area contributed by atoms with Gasteiger partial charge in [-0.2, -0.15) is 0 Å². The topological polar surface area (TPSA) is 112 Å². The van der Waals surface area contributed by atoms with Gasteiger partial charge in [0.05, 0.1) is 43.1 Å². The van der Waals surface area contributed by atoms with E-state index in [1.54, 1.807) is 42.7 Å². The molecule has 1 aliphatic heterocycles. The highest BCUT2D eigenvalue weighted by Crippen LogP contribution is 2.66. The maximum absolute atomic E-state index is 13.2. The Hall–Kier alpha value is -3.13. The minimum absolute atomic E-state index is 0.149. The van der Waals surface area contributed by atoms with Crippen molar-refractivity contribution in [3.05, 3.63) is 60.1 Å². The Labute approximate surface area is 209 Å². The van der Waals surface area contributed by atoms with Crippen LogP contribution in [-0.4, -0.2) is 42.3 Å². The maximum atomic E-state index is 13.2. The zero-order chi connectivity index (χ0) is 25.7. The normalized spacial score (nSPS) is 37.7. The van der Waals surface area contributed by atoms with Gasteiger partial charge in [-0.3, -0.25) is 9.59 Å². The second kappa shape index (κ2) is 9.07. The van der Waals surface area contributed by atoms with E-state index in [1.807, 2.05) is 13.8 Å². The Balaban J connectivity index is 1.53. The van der Waals surface area contributed by atoms with E-state index in [0.29, 0.717) is 24.8 Å². The minimum Gasteiger partial charge on any atom is -0.472 e. The fourth-order valence-electron chi connectivity index (χ4n) is 7.31. The second-order valence-electron chi connectivity index (χ2n) is 10.9. The molecule has 1 saturated heterocycles. The molecule has 1 aromatic carbocycles. The van der Waals surface area contributed by atoms with Crippen molar-refractivity contribution in [2.45, 2.75) is 57.8 Å². The fourth-order valence-corrected chi connectivity index (χ4v) is 7.31. The number of fused-ring (bicyclic) bond motifs is 3. The van der Waals surface area contributed by atoms with Gasteiger partial charge in [-0.15, -0.1) is 0 Å². The van der Waals surface area contributed by atoms with Crippen LogP contribution in [0.25, 0.3) is 0 Å². The molecule has 0 radical (unpaired) electrons. The third-order valence-corrected chi connectivity index (χ3v) is 9.01. The predicted octanol–water partition coefficient (Wildman–Crippen LogP) is 4.09. The molecular formula is C28H32O8. The van der Waals surface area contributed by atoms with Gasteiger partial charge in [-0.1, -0.05) is 32.0 Å². The molecule has 2 saturated carbocycles. The van der Waals surface area contributed by atoms with Crippen LogP contribution in [0.2, 0.25) is 0 Å². The summed E-state index contributed by atoms with van der Waals surface area (Å²) in [6.45, 7) is 3.98. The van der Waals surface area contributed by atoms with Crippen molar-refractivity contribution in [2.24, 2.45) is 28.6 Å². The SMILES string of the molecule is COC(=O)[C@@H]1C[C@H](OC(=O)c2ccccc2)[C@H](O)C2[C@@]3(C)C[C@@H](c4ccoc4)OC(=O)[C@H]3CC[C@]21C. The molecule has 5 rings (SSSR count). The Kier molecular flexibility index (Phi) is 6.19. The lowest BCUT2D eigenvalue weighted by Crippen LogP contribution is -2.66. The zero-order valence-electron chi connectivity index (χ0n) is 20.7. The first kappa shape index (κ1) is 24.6. The van der Waals surface area contributed by atoms with Crippen LogP contribution in [0.1, 0.15) is 61.6 Å². The van der Waals surface area contributed by atoms with Crippen molar-refractivity contribution < 1.29 is 38.1 Å². The lowest BCUT2D eigenvalue weighted by molar-refractivity contribution is -0.236. The molecule has 8 nitrogen and oxygen atoms in total. The van der Waals surface area contributed by atoms with Crippen LogP contribution in [0.3, 0.4) is 0 Å². The van der Waals surface area contributed by atoms with Gasteiger partial charge in [0.1, 0.15) is 12.2 Å². The number of aliphatic hydroxyl groups excluding tert-OH is 1. The first-order chi connectivity index (χ1) is 17.2. The highest BCUT2D eigenvalue weighted by Gasteiger charge is 2.67. The molecule has 3 fully saturated rings. The molecule has 0 amide bonds. The number of carbonyl (C=O) groups excluding carboxylic acids is 3. The lowest BCUT2D eigenvalue weighted by atomic mass is 9.42.